The van der Waals surface area contributed by atoms with Crippen LogP contribution < -0.4 is 0 Å². The van der Waals surface area contributed by atoms with Gasteiger partial charge in [-0.05, 0) is 36.2 Å². The molecule has 1 heterocycles. The predicted molar refractivity (Wildman–Crippen MR) is 71.8 cm³/mol. The van der Waals surface area contributed by atoms with Gasteiger partial charge in [0.2, 0.25) is 0 Å². The normalized spacial score (nSPS) is 13.8. The third kappa shape index (κ3) is 1.81. The third-order valence-electron chi connectivity index (χ3n) is 3.59. The largest absolute Gasteiger partial charge is 0.270 e. The molecule has 0 aromatic heterocycles. The summed E-state index contributed by atoms with van der Waals surface area (Å²) in [6.07, 6.45) is 0. The molecule has 0 spiro atoms. The zero-order valence-electron chi connectivity index (χ0n) is 10.9. The van der Waals surface area contributed by atoms with Crippen molar-refractivity contribution in [2.24, 2.45) is 0 Å². The number of imide groups is 1. The monoisotopic (exact) mass is 269 g/mol. The van der Waals surface area contributed by atoms with E-state index >= 15 is 0 Å². The van der Waals surface area contributed by atoms with Crippen LogP contribution in [0.3, 0.4) is 0 Å². The first kappa shape index (κ1) is 12.5. The minimum absolute atomic E-state index is 0.0932. The standard InChI is InChI=1S/C16H12FNO2/c1-10-11(5-4-8-14(10)17)9-18-15(19)12-6-2-3-7-13(12)16(18)20/h2-8H,9H2,1H3. The zero-order valence-corrected chi connectivity index (χ0v) is 10.9. The summed E-state index contributed by atoms with van der Waals surface area (Å²) in [7, 11) is 0. The Morgan fingerprint density at radius 2 is 1.55 bits per heavy atom. The lowest BCUT2D eigenvalue weighted by Crippen LogP contribution is -2.29. The molecule has 4 heteroatoms. The number of carbonyl (C=O) groups excluding carboxylic acids is 2. The van der Waals surface area contributed by atoms with E-state index in [1.165, 1.54) is 6.07 Å². The van der Waals surface area contributed by atoms with Gasteiger partial charge in [-0.25, -0.2) is 4.39 Å². The molecule has 3 nitrogen and oxygen atoms in total. The summed E-state index contributed by atoms with van der Waals surface area (Å²) in [5.74, 6) is -0.984. The third-order valence-corrected chi connectivity index (χ3v) is 3.59. The van der Waals surface area contributed by atoms with E-state index in [-0.39, 0.29) is 24.2 Å². The molecule has 2 aromatic carbocycles. The van der Waals surface area contributed by atoms with Gasteiger partial charge < -0.3 is 0 Å². The molecule has 0 aliphatic carbocycles. The van der Waals surface area contributed by atoms with Crippen molar-refractivity contribution < 1.29 is 14.0 Å². The van der Waals surface area contributed by atoms with E-state index in [1.54, 1.807) is 43.3 Å². The highest BCUT2D eigenvalue weighted by Gasteiger charge is 2.35. The number of fused-ring (bicyclic) bond motifs is 1. The van der Waals surface area contributed by atoms with Crippen LogP contribution >= 0.6 is 0 Å². The molecule has 20 heavy (non-hydrogen) atoms. The van der Waals surface area contributed by atoms with E-state index in [1.807, 2.05) is 0 Å². The maximum absolute atomic E-state index is 13.5. The highest BCUT2D eigenvalue weighted by Crippen LogP contribution is 2.25. The summed E-state index contributed by atoms with van der Waals surface area (Å²) < 4.78 is 13.5. The van der Waals surface area contributed by atoms with Crippen molar-refractivity contribution in [2.45, 2.75) is 13.5 Å². The minimum atomic E-state index is -0.334. The Kier molecular flexibility index (Phi) is 2.86. The molecule has 0 unspecified atom stereocenters. The first-order valence-electron chi connectivity index (χ1n) is 6.29. The smallest absolute Gasteiger partial charge is 0.261 e. The van der Waals surface area contributed by atoms with Gasteiger partial charge in [0.15, 0.2) is 0 Å². The molecule has 1 aliphatic heterocycles. The van der Waals surface area contributed by atoms with Crippen LogP contribution in [0.1, 0.15) is 31.8 Å². The molecule has 0 atom stereocenters. The molecule has 2 aromatic rings. The summed E-state index contributed by atoms with van der Waals surface area (Å²) in [6, 6.07) is 11.4. The molecule has 0 bridgehead atoms. The number of carbonyl (C=O) groups is 2. The molecular formula is C16H12FNO2. The van der Waals surface area contributed by atoms with E-state index in [9.17, 15) is 14.0 Å². The predicted octanol–water partition coefficient (Wildman–Crippen LogP) is 2.93. The molecule has 0 saturated carbocycles. The number of amides is 2. The van der Waals surface area contributed by atoms with E-state index in [4.69, 9.17) is 0 Å². The number of hydrogen-bond donors (Lipinski definition) is 0. The van der Waals surface area contributed by atoms with Gasteiger partial charge in [0.1, 0.15) is 5.82 Å². The van der Waals surface area contributed by atoms with E-state index in [0.29, 0.717) is 22.3 Å². The highest BCUT2D eigenvalue weighted by atomic mass is 19.1. The Morgan fingerprint density at radius 1 is 0.950 bits per heavy atom. The van der Waals surface area contributed by atoms with Crippen LogP contribution in [-0.4, -0.2) is 16.7 Å². The van der Waals surface area contributed by atoms with Crippen LogP contribution in [0.25, 0.3) is 0 Å². The van der Waals surface area contributed by atoms with Crippen LogP contribution in [0.2, 0.25) is 0 Å². The quantitative estimate of drug-likeness (QED) is 0.786. The summed E-state index contributed by atoms with van der Waals surface area (Å²) in [5.41, 5.74) is 1.92. The molecule has 2 amide bonds. The summed E-state index contributed by atoms with van der Waals surface area (Å²) in [6.45, 7) is 1.73. The number of halogens is 1. The highest BCUT2D eigenvalue weighted by molar-refractivity contribution is 6.21. The maximum atomic E-state index is 13.5. The summed E-state index contributed by atoms with van der Waals surface area (Å²) in [4.78, 5) is 25.6. The SMILES string of the molecule is Cc1c(F)cccc1CN1C(=O)c2ccccc2C1=O. The fraction of sp³-hybridized carbons (Fsp3) is 0.125. The van der Waals surface area contributed by atoms with Gasteiger partial charge in [-0.3, -0.25) is 14.5 Å². The van der Waals surface area contributed by atoms with Crippen molar-refractivity contribution in [2.75, 3.05) is 0 Å². The van der Waals surface area contributed by atoms with Crippen molar-refractivity contribution in [1.29, 1.82) is 0 Å². The number of rotatable bonds is 2. The van der Waals surface area contributed by atoms with Crippen LogP contribution in [0, 0.1) is 12.7 Å². The molecular weight excluding hydrogens is 257 g/mol. The van der Waals surface area contributed by atoms with Gasteiger partial charge in [0.05, 0.1) is 17.7 Å². The lowest BCUT2D eigenvalue weighted by atomic mass is 10.1. The topological polar surface area (TPSA) is 37.4 Å². The van der Waals surface area contributed by atoms with Crippen LogP contribution in [-0.2, 0) is 6.54 Å². The fourth-order valence-electron chi connectivity index (χ4n) is 2.38. The van der Waals surface area contributed by atoms with Gasteiger partial charge >= 0.3 is 0 Å². The van der Waals surface area contributed by atoms with Crippen LogP contribution in [0.5, 0.6) is 0 Å². The van der Waals surface area contributed by atoms with Gasteiger partial charge in [-0.1, -0.05) is 24.3 Å². The summed E-state index contributed by atoms with van der Waals surface area (Å²) >= 11 is 0. The second kappa shape index (κ2) is 4.56. The molecule has 0 fully saturated rings. The molecule has 1 aliphatic rings. The van der Waals surface area contributed by atoms with E-state index < -0.39 is 0 Å². The Bertz CT molecular complexity index is 689. The molecule has 0 radical (unpaired) electrons. The van der Waals surface area contributed by atoms with Crippen LogP contribution in [0.4, 0.5) is 4.39 Å². The minimum Gasteiger partial charge on any atom is -0.270 e. The molecule has 100 valence electrons. The molecule has 3 rings (SSSR count). The van der Waals surface area contributed by atoms with Gasteiger partial charge in [0.25, 0.3) is 11.8 Å². The summed E-state index contributed by atoms with van der Waals surface area (Å²) in [5, 5.41) is 0. The van der Waals surface area contributed by atoms with E-state index in [0.717, 1.165) is 4.90 Å². The van der Waals surface area contributed by atoms with Crippen molar-refractivity contribution in [3.05, 3.63) is 70.5 Å². The van der Waals surface area contributed by atoms with Crippen molar-refractivity contribution in [3.8, 4) is 0 Å². The first-order chi connectivity index (χ1) is 9.59. The second-order valence-electron chi connectivity index (χ2n) is 4.77. The first-order valence-corrected chi connectivity index (χ1v) is 6.29. The average molecular weight is 269 g/mol. The van der Waals surface area contributed by atoms with Gasteiger partial charge in [-0.2, -0.15) is 0 Å². The lowest BCUT2D eigenvalue weighted by molar-refractivity contribution is 0.0642. The Hall–Kier alpha value is -2.49. The number of nitrogens with zero attached hydrogens (tertiary/aromatic N) is 1. The van der Waals surface area contributed by atoms with Crippen molar-refractivity contribution in [3.63, 3.8) is 0 Å². The molecule has 0 saturated heterocycles. The van der Waals surface area contributed by atoms with Gasteiger partial charge in [0, 0.05) is 0 Å². The zero-order chi connectivity index (χ0) is 14.3. The molecule has 0 N–H and O–H groups in total. The second-order valence-corrected chi connectivity index (χ2v) is 4.77. The maximum Gasteiger partial charge on any atom is 0.261 e. The van der Waals surface area contributed by atoms with Crippen LogP contribution in [0.15, 0.2) is 42.5 Å². The number of benzene rings is 2. The van der Waals surface area contributed by atoms with Gasteiger partial charge in [-0.15, -0.1) is 0 Å². The lowest BCUT2D eigenvalue weighted by Gasteiger charge is -2.15. The number of hydrogen-bond acceptors (Lipinski definition) is 2. The van der Waals surface area contributed by atoms with Crippen molar-refractivity contribution >= 4 is 11.8 Å². The Labute approximate surface area is 115 Å². The average Bonchev–Trinajstić information content (AvgIpc) is 2.69. The Morgan fingerprint density at radius 3 is 2.15 bits per heavy atom. The van der Waals surface area contributed by atoms with Crippen molar-refractivity contribution in [1.82, 2.24) is 4.90 Å². The Balaban J connectivity index is 1.96. The van der Waals surface area contributed by atoms with E-state index in [2.05, 4.69) is 0 Å². The fourth-order valence-corrected chi connectivity index (χ4v) is 2.38.